The second-order valence-electron chi connectivity index (χ2n) is 9.39. The molecule has 36 heavy (non-hydrogen) atoms. The minimum Gasteiger partial charge on any atom is -0.365 e. The van der Waals surface area contributed by atoms with E-state index in [0.717, 1.165) is 23.7 Å². The number of nitrogens with one attached hydrogen (secondary N) is 1. The van der Waals surface area contributed by atoms with E-state index in [0.29, 0.717) is 38.3 Å². The summed E-state index contributed by atoms with van der Waals surface area (Å²) in [4.78, 5) is 18.9. The maximum atomic E-state index is 13.4. The average Bonchev–Trinajstić information content (AvgIpc) is 3.37. The van der Waals surface area contributed by atoms with Crippen LogP contribution in [0.3, 0.4) is 0 Å². The number of anilines is 1. The van der Waals surface area contributed by atoms with Gasteiger partial charge in [0.05, 0.1) is 17.5 Å². The van der Waals surface area contributed by atoms with Gasteiger partial charge in [0, 0.05) is 43.3 Å². The molecule has 1 saturated heterocycles. The minimum atomic E-state index is -4.43. The Hall–Kier alpha value is -2.91. The van der Waals surface area contributed by atoms with Crippen LogP contribution in [0.25, 0.3) is 0 Å². The molecule has 1 aromatic heterocycles. The molecule has 0 aliphatic carbocycles. The zero-order valence-corrected chi connectivity index (χ0v) is 20.4. The monoisotopic (exact) mass is 517 g/mol. The molecule has 9 heteroatoms. The third-order valence-electron chi connectivity index (χ3n) is 7.03. The molecule has 2 atom stereocenters. The van der Waals surface area contributed by atoms with Crippen molar-refractivity contribution in [2.24, 2.45) is 5.92 Å². The van der Waals surface area contributed by atoms with Crippen LogP contribution in [0.15, 0.2) is 60.0 Å². The minimum absolute atomic E-state index is 0.131. The number of carbonyl (C=O) groups is 1. The lowest BCUT2D eigenvalue weighted by molar-refractivity contribution is -0.137. The summed E-state index contributed by atoms with van der Waals surface area (Å²) in [5.41, 5.74) is 1.63. The molecule has 4 nitrogen and oxygen atoms in total. The molecule has 3 heterocycles. The van der Waals surface area contributed by atoms with Crippen LogP contribution in [0.2, 0.25) is 0 Å². The fraction of sp³-hybridized carbons (Fsp3) is 0.370. The molecule has 0 saturated carbocycles. The van der Waals surface area contributed by atoms with E-state index in [2.05, 4.69) is 15.1 Å². The van der Waals surface area contributed by atoms with E-state index >= 15 is 0 Å². The van der Waals surface area contributed by atoms with Crippen molar-refractivity contribution in [3.63, 3.8) is 0 Å². The van der Waals surface area contributed by atoms with Crippen molar-refractivity contribution in [2.75, 3.05) is 31.1 Å². The van der Waals surface area contributed by atoms with Gasteiger partial charge in [0.1, 0.15) is 5.82 Å². The lowest BCUT2D eigenvalue weighted by Gasteiger charge is -2.49. The lowest BCUT2D eigenvalue weighted by Crippen LogP contribution is -2.61. The lowest BCUT2D eigenvalue weighted by atomic mass is 9.82. The van der Waals surface area contributed by atoms with Gasteiger partial charge in [0.25, 0.3) is 0 Å². The van der Waals surface area contributed by atoms with Gasteiger partial charge in [0.15, 0.2) is 0 Å². The van der Waals surface area contributed by atoms with Gasteiger partial charge in [-0.3, -0.25) is 9.69 Å². The van der Waals surface area contributed by atoms with Crippen LogP contribution in [0.1, 0.15) is 21.6 Å². The number of thiophene rings is 1. The molecule has 1 fully saturated rings. The number of piperazine rings is 1. The number of benzene rings is 2. The first-order chi connectivity index (χ1) is 17.3. The van der Waals surface area contributed by atoms with Crippen LogP contribution < -0.4 is 10.2 Å². The van der Waals surface area contributed by atoms with Gasteiger partial charge in [-0.15, -0.1) is 11.3 Å². The fourth-order valence-electron chi connectivity index (χ4n) is 5.25. The molecule has 2 aliphatic rings. The molecular weight excluding hydrogens is 490 g/mol. The van der Waals surface area contributed by atoms with Crippen LogP contribution >= 0.6 is 11.3 Å². The molecule has 0 unspecified atom stereocenters. The number of nitrogens with zero attached hydrogens (tertiary/aromatic N) is 2. The summed E-state index contributed by atoms with van der Waals surface area (Å²) in [7, 11) is 0. The van der Waals surface area contributed by atoms with Crippen molar-refractivity contribution in [1.82, 2.24) is 10.2 Å². The van der Waals surface area contributed by atoms with Crippen LogP contribution in [-0.2, 0) is 30.4 Å². The summed E-state index contributed by atoms with van der Waals surface area (Å²) >= 11 is 1.63. The van der Waals surface area contributed by atoms with Crippen LogP contribution in [-0.4, -0.2) is 43.0 Å². The number of alkyl halides is 3. The third kappa shape index (κ3) is 5.42. The Morgan fingerprint density at radius 2 is 1.89 bits per heavy atom. The summed E-state index contributed by atoms with van der Waals surface area (Å²) in [6.45, 7) is 3.00. The molecule has 3 aromatic rings. The molecule has 0 radical (unpaired) electrons. The summed E-state index contributed by atoms with van der Waals surface area (Å²) in [6, 6.07) is 14.1. The highest BCUT2D eigenvalue weighted by atomic mass is 32.1. The predicted molar refractivity (Wildman–Crippen MR) is 132 cm³/mol. The topological polar surface area (TPSA) is 35.6 Å². The standard InChI is InChI=1S/C27H27F4N3OS/c28-21-6-3-18(4-7-21)16-33-11-12-34-24-8-5-20(27(29,30)31)14-19(24)15-23(25(34)17-33)26(35)32-10-9-22-2-1-13-36-22/h1-8,13-14,23,25H,9-12,15-17H2,(H,32,35)/t23-,25+/m1/s1. The maximum absolute atomic E-state index is 13.4. The number of amides is 1. The number of hydrogen-bond donors (Lipinski definition) is 1. The van der Waals surface area contributed by atoms with E-state index in [-0.39, 0.29) is 24.2 Å². The molecular formula is C27H27F4N3OS. The largest absolute Gasteiger partial charge is 0.416 e. The van der Waals surface area contributed by atoms with Gasteiger partial charge < -0.3 is 10.2 Å². The predicted octanol–water partition coefficient (Wildman–Crippen LogP) is 5.13. The van der Waals surface area contributed by atoms with E-state index in [4.69, 9.17) is 0 Å². The zero-order valence-electron chi connectivity index (χ0n) is 19.6. The average molecular weight is 518 g/mol. The highest BCUT2D eigenvalue weighted by Crippen LogP contribution is 2.40. The van der Waals surface area contributed by atoms with Crippen molar-refractivity contribution in [3.05, 3.63) is 87.4 Å². The summed E-state index contributed by atoms with van der Waals surface area (Å²) in [5.74, 6) is -0.890. The second kappa shape index (κ2) is 10.2. The van der Waals surface area contributed by atoms with E-state index in [1.807, 2.05) is 17.5 Å². The van der Waals surface area contributed by atoms with E-state index < -0.39 is 17.7 Å². The normalized spacial score (nSPS) is 20.1. The van der Waals surface area contributed by atoms with Gasteiger partial charge in [-0.05, 0) is 65.7 Å². The van der Waals surface area contributed by atoms with Gasteiger partial charge in [-0.2, -0.15) is 13.2 Å². The second-order valence-corrected chi connectivity index (χ2v) is 10.4. The van der Waals surface area contributed by atoms with Crippen LogP contribution in [0.5, 0.6) is 0 Å². The number of halogens is 4. The first-order valence-corrected chi connectivity index (χ1v) is 12.9. The van der Waals surface area contributed by atoms with E-state index in [1.54, 1.807) is 29.5 Å². The summed E-state index contributed by atoms with van der Waals surface area (Å²) in [5, 5.41) is 5.02. The highest BCUT2D eigenvalue weighted by molar-refractivity contribution is 7.09. The number of hydrogen-bond acceptors (Lipinski definition) is 4. The zero-order chi connectivity index (χ0) is 25.3. The summed E-state index contributed by atoms with van der Waals surface area (Å²) < 4.78 is 53.6. The number of rotatable bonds is 6. The van der Waals surface area contributed by atoms with Crippen molar-refractivity contribution in [2.45, 2.75) is 31.6 Å². The van der Waals surface area contributed by atoms with Crippen molar-refractivity contribution in [1.29, 1.82) is 0 Å². The van der Waals surface area contributed by atoms with Crippen LogP contribution in [0.4, 0.5) is 23.2 Å². The Bertz CT molecular complexity index is 1200. The molecule has 1 N–H and O–H groups in total. The molecule has 5 rings (SSSR count). The smallest absolute Gasteiger partial charge is 0.365 e. The fourth-order valence-corrected chi connectivity index (χ4v) is 5.95. The van der Waals surface area contributed by atoms with E-state index in [9.17, 15) is 22.4 Å². The molecule has 2 aliphatic heterocycles. The van der Waals surface area contributed by atoms with Gasteiger partial charge in [-0.1, -0.05) is 18.2 Å². The van der Waals surface area contributed by atoms with Crippen molar-refractivity contribution in [3.8, 4) is 0 Å². The number of fused-ring (bicyclic) bond motifs is 3. The van der Waals surface area contributed by atoms with Crippen molar-refractivity contribution < 1.29 is 22.4 Å². The van der Waals surface area contributed by atoms with Gasteiger partial charge in [-0.25, -0.2) is 4.39 Å². The molecule has 1 amide bonds. The first kappa shape index (κ1) is 24.8. The quantitative estimate of drug-likeness (QED) is 0.461. The number of carbonyl (C=O) groups excluding carboxylic acids is 1. The van der Waals surface area contributed by atoms with E-state index in [1.165, 1.54) is 23.1 Å². The molecule has 2 aromatic carbocycles. The third-order valence-corrected chi connectivity index (χ3v) is 7.97. The van der Waals surface area contributed by atoms with Gasteiger partial charge >= 0.3 is 6.18 Å². The van der Waals surface area contributed by atoms with Gasteiger partial charge in [0.2, 0.25) is 5.91 Å². The van der Waals surface area contributed by atoms with Crippen LogP contribution in [0, 0.1) is 11.7 Å². The SMILES string of the molecule is O=C(NCCc1cccs1)[C@@H]1Cc2cc(C(F)(F)F)ccc2N2CCN(Cc3ccc(F)cc3)C[C@@H]12. The molecule has 190 valence electrons. The molecule has 0 bridgehead atoms. The molecule has 0 spiro atoms. The highest BCUT2D eigenvalue weighted by Gasteiger charge is 2.42. The summed E-state index contributed by atoms with van der Waals surface area (Å²) in [6.07, 6.45) is -3.45. The Balaban J connectivity index is 1.37. The maximum Gasteiger partial charge on any atom is 0.416 e. The Morgan fingerprint density at radius 1 is 1.08 bits per heavy atom. The Kier molecular flexibility index (Phi) is 7.03. The Morgan fingerprint density at radius 3 is 2.61 bits per heavy atom. The Labute approximate surface area is 211 Å². The van der Waals surface area contributed by atoms with Crippen molar-refractivity contribution >= 4 is 22.9 Å². The first-order valence-electron chi connectivity index (χ1n) is 12.0.